The van der Waals surface area contributed by atoms with Gasteiger partial charge in [0.25, 0.3) is 0 Å². The fourth-order valence-corrected chi connectivity index (χ4v) is 4.41. The number of amides is 1. The van der Waals surface area contributed by atoms with Crippen LogP contribution in [-0.2, 0) is 9.47 Å². The number of benzene rings is 2. The lowest BCUT2D eigenvalue weighted by Gasteiger charge is -2.33. The van der Waals surface area contributed by atoms with Crippen molar-refractivity contribution < 1.29 is 28.6 Å². The Hall–Kier alpha value is -3.19. The second-order valence-electron chi connectivity index (χ2n) is 10.2. The number of hydrogen-bond donors (Lipinski definition) is 1. The van der Waals surface area contributed by atoms with Crippen molar-refractivity contribution in [3.05, 3.63) is 70.5 Å². The SMILES string of the molecule is CC(C)(C)OC(=O)N1CCC(c2cccc(C(=O)/C=C/c3ccc(C4COC4)cc3F)c2O)CC1. The van der Waals surface area contributed by atoms with Gasteiger partial charge in [-0.15, -0.1) is 0 Å². The standard InChI is InChI=1S/C28H32FNO5/c1-28(2,3)35-27(33)30-13-11-18(12-14-30)22-5-4-6-23(26(22)32)25(31)10-9-19-7-8-20(15-24(19)29)21-16-34-17-21/h4-10,15,18,21,32H,11-14,16-17H2,1-3H3/b10-9+. The summed E-state index contributed by atoms with van der Waals surface area (Å²) in [5.74, 6) is -0.607. The second kappa shape index (κ2) is 10.2. The molecule has 1 N–H and O–H groups in total. The van der Waals surface area contributed by atoms with Crippen LogP contribution in [0, 0.1) is 5.82 Å². The van der Waals surface area contributed by atoms with Gasteiger partial charge in [0.1, 0.15) is 17.2 Å². The molecule has 7 heteroatoms. The number of ether oxygens (including phenoxy) is 2. The second-order valence-corrected chi connectivity index (χ2v) is 10.2. The molecule has 0 saturated carbocycles. The van der Waals surface area contributed by atoms with Crippen LogP contribution in [0.4, 0.5) is 9.18 Å². The van der Waals surface area contributed by atoms with E-state index in [4.69, 9.17) is 9.47 Å². The number of phenols is 1. The average molecular weight is 482 g/mol. The van der Waals surface area contributed by atoms with Crippen molar-refractivity contribution in [3.8, 4) is 5.75 Å². The summed E-state index contributed by atoms with van der Waals surface area (Å²) in [6.07, 6.45) is 3.70. The topological polar surface area (TPSA) is 76.1 Å². The third-order valence-corrected chi connectivity index (χ3v) is 6.47. The van der Waals surface area contributed by atoms with Gasteiger partial charge in [-0.05, 0) is 74.9 Å². The molecule has 2 aliphatic heterocycles. The van der Waals surface area contributed by atoms with Crippen molar-refractivity contribution in [2.75, 3.05) is 26.3 Å². The van der Waals surface area contributed by atoms with E-state index in [0.717, 1.165) is 5.56 Å². The van der Waals surface area contributed by atoms with E-state index in [2.05, 4.69) is 0 Å². The number of rotatable bonds is 5. The Kier molecular flexibility index (Phi) is 7.26. The van der Waals surface area contributed by atoms with E-state index in [1.54, 1.807) is 23.1 Å². The van der Waals surface area contributed by atoms with Crippen LogP contribution >= 0.6 is 0 Å². The lowest BCUT2D eigenvalue weighted by Crippen LogP contribution is -2.41. The summed E-state index contributed by atoms with van der Waals surface area (Å²) in [6.45, 7) is 7.73. The lowest BCUT2D eigenvalue weighted by atomic mass is 9.87. The number of allylic oxidation sites excluding steroid dienone is 1. The number of piperidine rings is 1. The maximum absolute atomic E-state index is 14.5. The molecule has 2 heterocycles. The number of aromatic hydroxyl groups is 1. The van der Waals surface area contributed by atoms with Crippen molar-refractivity contribution in [2.45, 2.75) is 51.0 Å². The summed E-state index contributed by atoms with van der Waals surface area (Å²) in [5, 5.41) is 10.9. The molecular weight excluding hydrogens is 449 g/mol. The molecule has 0 atom stereocenters. The molecule has 2 fully saturated rings. The molecule has 6 nitrogen and oxygen atoms in total. The molecular formula is C28H32FNO5. The highest BCUT2D eigenvalue weighted by Crippen LogP contribution is 2.36. The number of para-hydroxylation sites is 1. The molecule has 0 aromatic heterocycles. The van der Waals surface area contributed by atoms with Crippen molar-refractivity contribution in [1.29, 1.82) is 0 Å². The van der Waals surface area contributed by atoms with E-state index in [1.165, 1.54) is 18.2 Å². The molecule has 2 aromatic carbocycles. The number of likely N-dealkylation sites (tertiary alicyclic amines) is 1. The van der Waals surface area contributed by atoms with Gasteiger partial charge in [0.05, 0.1) is 18.8 Å². The molecule has 0 spiro atoms. The van der Waals surface area contributed by atoms with Crippen LogP contribution in [0.15, 0.2) is 42.5 Å². The zero-order chi connectivity index (χ0) is 25.2. The fourth-order valence-electron chi connectivity index (χ4n) is 4.41. The molecule has 0 aliphatic carbocycles. The zero-order valence-corrected chi connectivity index (χ0v) is 20.4. The first-order chi connectivity index (χ1) is 16.6. The zero-order valence-electron chi connectivity index (χ0n) is 20.4. The first kappa shape index (κ1) is 24.9. The van der Waals surface area contributed by atoms with Gasteiger partial charge in [0.2, 0.25) is 0 Å². The molecule has 0 radical (unpaired) electrons. The highest BCUT2D eigenvalue weighted by molar-refractivity contribution is 6.08. The van der Waals surface area contributed by atoms with Gasteiger partial charge >= 0.3 is 6.09 Å². The van der Waals surface area contributed by atoms with E-state index < -0.39 is 17.2 Å². The molecule has 1 amide bonds. The minimum atomic E-state index is -0.551. The van der Waals surface area contributed by atoms with Crippen LogP contribution < -0.4 is 0 Å². The first-order valence-electron chi connectivity index (χ1n) is 12.0. The highest BCUT2D eigenvalue weighted by atomic mass is 19.1. The van der Waals surface area contributed by atoms with Gasteiger partial charge in [0, 0.05) is 24.6 Å². The van der Waals surface area contributed by atoms with Gasteiger partial charge < -0.3 is 19.5 Å². The van der Waals surface area contributed by atoms with Crippen LogP contribution in [0.1, 0.15) is 72.5 Å². The summed E-state index contributed by atoms with van der Waals surface area (Å²) in [5.41, 5.74) is 1.52. The molecule has 2 saturated heterocycles. The maximum atomic E-state index is 14.5. The van der Waals surface area contributed by atoms with Crippen LogP contribution in [0.5, 0.6) is 5.75 Å². The van der Waals surface area contributed by atoms with Gasteiger partial charge in [-0.3, -0.25) is 4.79 Å². The minimum Gasteiger partial charge on any atom is -0.507 e. The van der Waals surface area contributed by atoms with Crippen molar-refractivity contribution in [2.24, 2.45) is 0 Å². The van der Waals surface area contributed by atoms with E-state index in [1.807, 2.05) is 32.9 Å². The molecule has 186 valence electrons. The number of nitrogens with zero attached hydrogens (tertiary/aromatic N) is 1. The molecule has 4 rings (SSSR count). The molecule has 2 aliphatic rings. The van der Waals surface area contributed by atoms with Crippen LogP contribution in [0.2, 0.25) is 0 Å². The number of ketones is 1. The summed E-state index contributed by atoms with van der Waals surface area (Å²) in [4.78, 5) is 26.8. The Labute approximate surface area is 205 Å². The van der Waals surface area contributed by atoms with E-state index in [9.17, 15) is 19.1 Å². The molecule has 2 aromatic rings. The van der Waals surface area contributed by atoms with E-state index in [-0.39, 0.29) is 29.2 Å². The summed E-state index contributed by atoms with van der Waals surface area (Å²) < 4.78 is 25.1. The largest absolute Gasteiger partial charge is 0.507 e. The van der Waals surface area contributed by atoms with Crippen LogP contribution in [-0.4, -0.2) is 53.8 Å². The summed E-state index contributed by atoms with van der Waals surface area (Å²) in [6, 6.07) is 10.1. The Morgan fingerprint density at radius 1 is 1.11 bits per heavy atom. The maximum Gasteiger partial charge on any atom is 0.410 e. The molecule has 35 heavy (non-hydrogen) atoms. The Morgan fingerprint density at radius 2 is 1.83 bits per heavy atom. The Morgan fingerprint density at radius 3 is 2.43 bits per heavy atom. The van der Waals surface area contributed by atoms with Gasteiger partial charge in [-0.1, -0.05) is 24.3 Å². The third kappa shape index (κ3) is 5.90. The van der Waals surface area contributed by atoms with E-state index >= 15 is 0 Å². The normalized spacial score (nSPS) is 17.4. The van der Waals surface area contributed by atoms with Gasteiger partial charge in [0.15, 0.2) is 5.78 Å². The Balaban J connectivity index is 1.42. The van der Waals surface area contributed by atoms with Crippen LogP contribution in [0.3, 0.4) is 0 Å². The number of halogens is 1. The molecule has 0 bridgehead atoms. The summed E-state index contributed by atoms with van der Waals surface area (Å²) in [7, 11) is 0. The van der Waals surface area contributed by atoms with Gasteiger partial charge in [-0.25, -0.2) is 9.18 Å². The number of phenolic OH excluding ortho intramolecular Hbond substituents is 1. The van der Waals surface area contributed by atoms with Crippen LogP contribution in [0.25, 0.3) is 6.08 Å². The summed E-state index contributed by atoms with van der Waals surface area (Å²) >= 11 is 0. The smallest absolute Gasteiger partial charge is 0.410 e. The minimum absolute atomic E-state index is 0.0193. The third-order valence-electron chi connectivity index (χ3n) is 6.47. The predicted octanol–water partition coefficient (Wildman–Crippen LogP) is 5.66. The average Bonchev–Trinajstić information content (AvgIpc) is 2.76. The fraction of sp³-hybridized carbons (Fsp3) is 0.429. The number of carbonyl (C=O) groups excluding carboxylic acids is 2. The lowest BCUT2D eigenvalue weighted by molar-refractivity contribution is 0.00831. The first-order valence-corrected chi connectivity index (χ1v) is 12.0. The van der Waals surface area contributed by atoms with Crippen molar-refractivity contribution in [1.82, 2.24) is 4.90 Å². The highest BCUT2D eigenvalue weighted by Gasteiger charge is 2.29. The monoisotopic (exact) mass is 481 g/mol. The van der Waals surface area contributed by atoms with Crippen molar-refractivity contribution >= 4 is 18.0 Å². The van der Waals surface area contributed by atoms with Crippen molar-refractivity contribution in [3.63, 3.8) is 0 Å². The number of hydrogen-bond acceptors (Lipinski definition) is 5. The van der Waals surface area contributed by atoms with Gasteiger partial charge in [-0.2, -0.15) is 0 Å². The van der Waals surface area contributed by atoms with E-state index in [0.29, 0.717) is 50.3 Å². The predicted molar refractivity (Wildman–Crippen MR) is 131 cm³/mol. The quantitative estimate of drug-likeness (QED) is 0.441. The number of carbonyl (C=O) groups is 2. The molecule has 0 unspecified atom stereocenters. The Bertz CT molecular complexity index is 1120.